The normalized spacial score (nSPS) is 18.9. The summed E-state index contributed by atoms with van der Waals surface area (Å²) in [6.45, 7) is 6.59. The molecule has 0 aromatic heterocycles. The molecular weight excluding hydrogens is 475 g/mol. The van der Waals surface area contributed by atoms with Crippen LogP contribution in [-0.2, 0) is 9.53 Å². The van der Waals surface area contributed by atoms with Gasteiger partial charge in [-0.25, -0.2) is 14.0 Å². The smallest absolute Gasteiger partial charge is 0.338 e. The Bertz CT molecular complexity index is 1200. The van der Waals surface area contributed by atoms with Gasteiger partial charge in [0.25, 0.3) is 5.91 Å². The highest BCUT2D eigenvalue weighted by Crippen LogP contribution is 2.33. The molecule has 2 aliphatic rings. The molecule has 0 bridgehead atoms. The number of rotatable bonds is 6. The Morgan fingerprint density at radius 2 is 1.78 bits per heavy atom. The predicted octanol–water partition coefficient (Wildman–Crippen LogP) is 3.50. The van der Waals surface area contributed by atoms with Crippen molar-refractivity contribution < 1.29 is 23.5 Å². The Morgan fingerprint density at radius 3 is 2.49 bits per heavy atom. The van der Waals surface area contributed by atoms with Crippen molar-refractivity contribution in [3.8, 4) is 0 Å². The van der Waals surface area contributed by atoms with E-state index in [-0.39, 0.29) is 24.4 Å². The molecule has 1 fully saturated rings. The summed E-state index contributed by atoms with van der Waals surface area (Å²) in [6.07, 6.45) is 0.728. The number of nitrogens with zero attached hydrogens (tertiary/aromatic N) is 3. The van der Waals surface area contributed by atoms with E-state index < -0.39 is 12.0 Å². The van der Waals surface area contributed by atoms with Gasteiger partial charge < -0.3 is 15.0 Å². The molecule has 2 heterocycles. The number of urea groups is 1. The van der Waals surface area contributed by atoms with E-state index in [1.54, 1.807) is 18.9 Å². The first-order valence-corrected chi connectivity index (χ1v) is 12.6. The third-order valence-electron chi connectivity index (χ3n) is 6.91. The van der Waals surface area contributed by atoms with Crippen LogP contribution >= 0.6 is 0 Å². The van der Waals surface area contributed by atoms with Crippen LogP contribution in [0.3, 0.4) is 0 Å². The summed E-state index contributed by atoms with van der Waals surface area (Å²) in [5.74, 6) is -0.975. The summed E-state index contributed by atoms with van der Waals surface area (Å²) in [7, 11) is 1.65. The molecule has 0 radical (unpaired) electrons. The quantitative estimate of drug-likeness (QED) is 0.604. The summed E-state index contributed by atoms with van der Waals surface area (Å²) in [6, 6.07) is 12.3. The number of amides is 3. The van der Waals surface area contributed by atoms with Crippen LogP contribution in [-0.4, -0.2) is 79.0 Å². The summed E-state index contributed by atoms with van der Waals surface area (Å²) < 4.78 is 18.7. The molecule has 2 aromatic rings. The van der Waals surface area contributed by atoms with Crippen LogP contribution in [0.15, 0.2) is 59.8 Å². The number of hydrogen-bond donors (Lipinski definition) is 1. The molecular formula is C28H33FN4O4. The van der Waals surface area contributed by atoms with E-state index in [2.05, 4.69) is 10.2 Å². The van der Waals surface area contributed by atoms with E-state index in [0.29, 0.717) is 49.6 Å². The lowest BCUT2D eigenvalue weighted by Gasteiger charge is -2.37. The summed E-state index contributed by atoms with van der Waals surface area (Å²) in [4.78, 5) is 44.6. The van der Waals surface area contributed by atoms with E-state index in [1.807, 2.05) is 31.2 Å². The number of halogens is 1. The van der Waals surface area contributed by atoms with Gasteiger partial charge in [-0.2, -0.15) is 0 Å². The van der Waals surface area contributed by atoms with E-state index in [1.165, 1.54) is 29.2 Å². The van der Waals surface area contributed by atoms with Crippen molar-refractivity contribution in [2.75, 3.05) is 46.4 Å². The van der Waals surface area contributed by atoms with Crippen LogP contribution in [0.5, 0.6) is 0 Å². The third kappa shape index (κ3) is 5.83. The van der Waals surface area contributed by atoms with Gasteiger partial charge in [0.15, 0.2) is 0 Å². The molecule has 0 saturated carbocycles. The van der Waals surface area contributed by atoms with Gasteiger partial charge in [-0.05, 0) is 55.7 Å². The van der Waals surface area contributed by atoms with Crippen LogP contribution < -0.4 is 5.32 Å². The van der Waals surface area contributed by atoms with Gasteiger partial charge in [-0.1, -0.05) is 24.3 Å². The highest BCUT2D eigenvalue weighted by Gasteiger charge is 2.38. The van der Waals surface area contributed by atoms with Crippen LogP contribution in [0.25, 0.3) is 0 Å². The Balaban J connectivity index is 1.59. The zero-order valence-electron chi connectivity index (χ0n) is 21.5. The monoisotopic (exact) mass is 508 g/mol. The van der Waals surface area contributed by atoms with Gasteiger partial charge in [0, 0.05) is 51.0 Å². The Kier molecular flexibility index (Phi) is 8.23. The molecule has 1 N–H and O–H groups in total. The number of aryl methyl sites for hydroxylation is 1. The van der Waals surface area contributed by atoms with Gasteiger partial charge in [0.2, 0.25) is 0 Å². The number of esters is 1. The number of nitrogens with one attached hydrogen (secondary N) is 1. The topological polar surface area (TPSA) is 82.2 Å². The molecule has 0 aliphatic carbocycles. The summed E-state index contributed by atoms with van der Waals surface area (Å²) >= 11 is 0. The average molecular weight is 509 g/mol. The Labute approximate surface area is 216 Å². The maximum absolute atomic E-state index is 13.3. The largest absolute Gasteiger partial charge is 0.463 e. The number of hydrogen-bond acceptors (Lipinski definition) is 5. The standard InChI is InChI=1S/C28H33FN4O4/c1-4-37-27(35)24-23(31(3)28(36)30-25(24)22-9-6-5-8-19(22)2)18-32-14-7-15-33(17-16-32)26(34)20-10-12-21(29)13-11-20/h5-6,8-13,25H,4,7,14-18H2,1-3H3,(H,30,36). The SMILES string of the molecule is CCOC(=O)C1=C(CN2CCCN(C(=O)c3ccc(F)cc3)CC2)N(C)C(=O)NC1c1ccccc1C. The minimum absolute atomic E-state index is 0.137. The lowest BCUT2D eigenvalue weighted by molar-refractivity contribution is -0.139. The van der Waals surface area contributed by atoms with Crippen molar-refractivity contribution in [3.63, 3.8) is 0 Å². The zero-order valence-corrected chi connectivity index (χ0v) is 21.5. The Hall–Kier alpha value is -3.72. The fraction of sp³-hybridized carbons (Fsp3) is 0.393. The van der Waals surface area contributed by atoms with Crippen molar-refractivity contribution in [3.05, 3.63) is 82.3 Å². The fourth-order valence-electron chi connectivity index (χ4n) is 4.86. The number of carbonyl (C=O) groups excluding carboxylic acids is 3. The molecule has 196 valence electrons. The lowest BCUT2D eigenvalue weighted by Crippen LogP contribution is -2.49. The van der Waals surface area contributed by atoms with Crippen molar-refractivity contribution >= 4 is 17.9 Å². The van der Waals surface area contributed by atoms with Gasteiger partial charge in [-0.3, -0.25) is 14.6 Å². The minimum Gasteiger partial charge on any atom is -0.463 e. The molecule has 3 amide bonds. The molecule has 1 saturated heterocycles. The van der Waals surface area contributed by atoms with Gasteiger partial charge in [0.05, 0.1) is 18.2 Å². The van der Waals surface area contributed by atoms with Crippen LogP contribution in [0.1, 0.15) is 40.9 Å². The van der Waals surface area contributed by atoms with Crippen LogP contribution in [0, 0.1) is 12.7 Å². The van der Waals surface area contributed by atoms with Crippen LogP contribution in [0.4, 0.5) is 9.18 Å². The maximum atomic E-state index is 13.3. The summed E-state index contributed by atoms with van der Waals surface area (Å²) in [5, 5.41) is 2.97. The van der Waals surface area contributed by atoms with Crippen molar-refractivity contribution in [2.24, 2.45) is 0 Å². The first kappa shape index (κ1) is 26.3. The zero-order chi connectivity index (χ0) is 26.5. The molecule has 4 rings (SSSR count). The molecule has 37 heavy (non-hydrogen) atoms. The highest BCUT2D eigenvalue weighted by atomic mass is 19.1. The first-order valence-electron chi connectivity index (χ1n) is 12.6. The molecule has 1 unspecified atom stereocenters. The molecule has 0 spiro atoms. The number of likely N-dealkylation sites (N-methyl/N-ethyl adjacent to an activating group) is 1. The average Bonchev–Trinajstić information content (AvgIpc) is 3.13. The molecule has 8 nitrogen and oxygen atoms in total. The van der Waals surface area contributed by atoms with E-state index in [9.17, 15) is 18.8 Å². The maximum Gasteiger partial charge on any atom is 0.338 e. The highest BCUT2D eigenvalue weighted by molar-refractivity contribution is 5.95. The van der Waals surface area contributed by atoms with Crippen molar-refractivity contribution in [2.45, 2.75) is 26.3 Å². The minimum atomic E-state index is -0.623. The van der Waals surface area contributed by atoms with E-state index in [0.717, 1.165) is 17.5 Å². The van der Waals surface area contributed by atoms with Crippen molar-refractivity contribution in [1.29, 1.82) is 0 Å². The predicted molar refractivity (Wildman–Crippen MR) is 137 cm³/mol. The molecule has 9 heteroatoms. The fourth-order valence-corrected chi connectivity index (χ4v) is 4.86. The first-order chi connectivity index (χ1) is 17.8. The third-order valence-corrected chi connectivity index (χ3v) is 6.91. The summed E-state index contributed by atoms with van der Waals surface area (Å²) in [5.41, 5.74) is 3.27. The second-order valence-corrected chi connectivity index (χ2v) is 9.31. The van der Waals surface area contributed by atoms with Gasteiger partial charge >= 0.3 is 12.0 Å². The van der Waals surface area contributed by atoms with Gasteiger partial charge in [-0.15, -0.1) is 0 Å². The van der Waals surface area contributed by atoms with Crippen molar-refractivity contribution in [1.82, 2.24) is 20.0 Å². The van der Waals surface area contributed by atoms with E-state index in [4.69, 9.17) is 4.74 Å². The molecule has 2 aliphatic heterocycles. The number of benzene rings is 2. The number of ether oxygens (including phenoxy) is 1. The Morgan fingerprint density at radius 1 is 1.05 bits per heavy atom. The number of carbonyl (C=O) groups is 3. The van der Waals surface area contributed by atoms with Gasteiger partial charge in [0.1, 0.15) is 5.82 Å². The molecule has 2 aromatic carbocycles. The molecule has 1 atom stereocenters. The second kappa shape index (κ2) is 11.6. The lowest BCUT2D eigenvalue weighted by atomic mass is 9.91. The van der Waals surface area contributed by atoms with E-state index >= 15 is 0 Å². The van der Waals surface area contributed by atoms with Crippen LogP contribution in [0.2, 0.25) is 0 Å². The second-order valence-electron chi connectivity index (χ2n) is 9.31.